The van der Waals surface area contributed by atoms with Crippen LogP contribution in [-0.4, -0.2) is 44.3 Å². The Hall–Kier alpha value is -0.770. The van der Waals surface area contributed by atoms with Crippen LogP contribution in [0.1, 0.15) is 25.7 Å². The van der Waals surface area contributed by atoms with Gasteiger partial charge in [0.1, 0.15) is 0 Å². The Morgan fingerprint density at radius 3 is 2.79 bits per heavy atom. The molecule has 1 aliphatic rings. The van der Waals surface area contributed by atoms with E-state index in [4.69, 9.17) is 4.74 Å². The van der Waals surface area contributed by atoms with Crippen molar-refractivity contribution in [3.8, 4) is 0 Å². The first-order chi connectivity index (χ1) is 6.69. The van der Waals surface area contributed by atoms with Crippen LogP contribution in [0.25, 0.3) is 0 Å². The lowest BCUT2D eigenvalue weighted by Crippen LogP contribution is -2.44. The van der Waals surface area contributed by atoms with Crippen molar-refractivity contribution < 1.29 is 9.53 Å². The zero-order valence-electron chi connectivity index (χ0n) is 9.25. The fourth-order valence-corrected chi connectivity index (χ4v) is 2.07. The first kappa shape index (κ1) is 11.3. The Bertz CT molecular complexity index is 197. The molecule has 1 saturated carbocycles. The maximum Gasteiger partial charge on any atom is 0.409 e. The van der Waals surface area contributed by atoms with E-state index in [1.54, 1.807) is 4.90 Å². The molecule has 0 aliphatic heterocycles. The van der Waals surface area contributed by atoms with Gasteiger partial charge in [0.05, 0.1) is 7.11 Å². The van der Waals surface area contributed by atoms with Crippen molar-refractivity contribution in [1.82, 2.24) is 10.2 Å². The Balaban J connectivity index is 2.46. The zero-order chi connectivity index (χ0) is 10.6. The summed E-state index contributed by atoms with van der Waals surface area (Å²) in [5.74, 6) is 0. The lowest BCUT2D eigenvalue weighted by atomic mass is 9.90. The van der Waals surface area contributed by atoms with Crippen molar-refractivity contribution in [2.75, 3.05) is 21.2 Å². The summed E-state index contributed by atoms with van der Waals surface area (Å²) in [5.41, 5.74) is 0. The van der Waals surface area contributed by atoms with E-state index in [1.165, 1.54) is 20.0 Å². The third kappa shape index (κ3) is 2.61. The molecule has 0 aromatic heterocycles. The zero-order valence-corrected chi connectivity index (χ0v) is 9.25. The van der Waals surface area contributed by atoms with E-state index in [-0.39, 0.29) is 6.09 Å². The quantitative estimate of drug-likeness (QED) is 0.728. The van der Waals surface area contributed by atoms with Crippen LogP contribution in [-0.2, 0) is 4.74 Å². The molecule has 0 spiro atoms. The molecule has 1 rings (SSSR count). The molecule has 1 fully saturated rings. The van der Waals surface area contributed by atoms with Crippen molar-refractivity contribution in [3.63, 3.8) is 0 Å². The summed E-state index contributed by atoms with van der Waals surface area (Å²) >= 11 is 0. The van der Waals surface area contributed by atoms with Crippen LogP contribution in [0.4, 0.5) is 4.79 Å². The van der Waals surface area contributed by atoms with Crippen LogP contribution < -0.4 is 5.32 Å². The second-order valence-electron chi connectivity index (χ2n) is 3.89. The Morgan fingerprint density at radius 2 is 2.21 bits per heavy atom. The fraction of sp³-hybridized carbons (Fsp3) is 0.900. The average molecular weight is 200 g/mol. The van der Waals surface area contributed by atoms with Crippen LogP contribution >= 0.6 is 0 Å². The number of nitrogens with zero attached hydrogens (tertiary/aromatic N) is 1. The number of hydrogen-bond acceptors (Lipinski definition) is 3. The molecule has 0 saturated heterocycles. The highest BCUT2D eigenvalue weighted by atomic mass is 16.5. The number of hydrogen-bond donors (Lipinski definition) is 1. The van der Waals surface area contributed by atoms with Crippen molar-refractivity contribution in [2.45, 2.75) is 37.8 Å². The number of carbonyl (C=O) groups is 1. The molecule has 0 radical (unpaired) electrons. The number of carbonyl (C=O) groups excluding carboxylic acids is 1. The normalized spacial score (nSPS) is 27.1. The molecule has 14 heavy (non-hydrogen) atoms. The Kier molecular flexibility index (Phi) is 4.20. The van der Waals surface area contributed by atoms with Gasteiger partial charge >= 0.3 is 6.09 Å². The summed E-state index contributed by atoms with van der Waals surface area (Å²) in [6.45, 7) is 0. The summed E-state index contributed by atoms with van der Waals surface area (Å²) in [4.78, 5) is 13.0. The molecular formula is C10H20N2O2. The minimum Gasteiger partial charge on any atom is -0.453 e. The number of ether oxygens (including phenoxy) is 1. The predicted molar refractivity (Wildman–Crippen MR) is 55.3 cm³/mol. The van der Waals surface area contributed by atoms with E-state index < -0.39 is 0 Å². The van der Waals surface area contributed by atoms with Gasteiger partial charge in [0.15, 0.2) is 0 Å². The smallest absolute Gasteiger partial charge is 0.409 e. The topological polar surface area (TPSA) is 41.6 Å². The second kappa shape index (κ2) is 5.20. The summed E-state index contributed by atoms with van der Waals surface area (Å²) in [6.07, 6.45) is 4.28. The average Bonchev–Trinajstić information content (AvgIpc) is 2.27. The first-order valence-electron chi connectivity index (χ1n) is 5.17. The molecule has 4 nitrogen and oxygen atoms in total. The number of methoxy groups -OCH3 is 1. The second-order valence-corrected chi connectivity index (χ2v) is 3.89. The van der Waals surface area contributed by atoms with Gasteiger partial charge in [-0.3, -0.25) is 0 Å². The van der Waals surface area contributed by atoms with Crippen LogP contribution in [0.15, 0.2) is 0 Å². The Morgan fingerprint density at radius 1 is 1.50 bits per heavy atom. The number of rotatable bonds is 2. The largest absolute Gasteiger partial charge is 0.453 e. The van der Waals surface area contributed by atoms with Gasteiger partial charge in [-0.15, -0.1) is 0 Å². The van der Waals surface area contributed by atoms with Crippen LogP contribution in [0, 0.1) is 0 Å². The summed E-state index contributed by atoms with van der Waals surface area (Å²) in [5, 5.41) is 3.27. The van der Waals surface area contributed by atoms with E-state index in [1.807, 2.05) is 14.1 Å². The van der Waals surface area contributed by atoms with Crippen LogP contribution in [0.2, 0.25) is 0 Å². The third-order valence-electron chi connectivity index (χ3n) is 3.07. The molecule has 1 amide bonds. The molecular weight excluding hydrogens is 180 g/mol. The van der Waals surface area contributed by atoms with E-state index in [9.17, 15) is 4.79 Å². The van der Waals surface area contributed by atoms with E-state index >= 15 is 0 Å². The maximum atomic E-state index is 11.3. The number of nitrogens with one attached hydrogen (secondary N) is 1. The molecule has 0 bridgehead atoms. The molecule has 2 atom stereocenters. The number of amides is 1. The molecule has 0 heterocycles. The van der Waals surface area contributed by atoms with E-state index in [0.717, 1.165) is 12.8 Å². The van der Waals surface area contributed by atoms with Crippen LogP contribution in [0.5, 0.6) is 0 Å². The lowest BCUT2D eigenvalue weighted by molar-refractivity contribution is 0.103. The van der Waals surface area contributed by atoms with Crippen molar-refractivity contribution in [2.24, 2.45) is 0 Å². The SMILES string of the molecule is CNC1CCCC(N(C)C(=O)OC)C1. The molecule has 4 heteroatoms. The van der Waals surface area contributed by atoms with Crippen molar-refractivity contribution in [3.05, 3.63) is 0 Å². The molecule has 0 aromatic rings. The van der Waals surface area contributed by atoms with Gasteiger partial charge in [0, 0.05) is 19.1 Å². The van der Waals surface area contributed by atoms with Crippen LogP contribution in [0.3, 0.4) is 0 Å². The highest BCUT2D eigenvalue weighted by molar-refractivity contribution is 5.67. The van der Waals surface area contributed by atoms with Gasteiger partial charge in [-0.1, -0.05) is 0 Å². The molecule has 82 valence electrons. The van der Waals surface area contributed by atoms with Gasteiger partial charge in [0.2, 0.25) is 0 Å². The summed E-state index contributed by atoms with van der Waals surface area (Å²) < 4.78 is 4.70. The maximum absolute atomic E-state index is 11.3. The fourth-order valence-electron chi connectivity index (χ4n) is 2.07. The minimum absolute atomic E-state index is 0.230. The summed E-state index contributed by atoms with van der Waals surface area (Å²) in [7, 11) is 5.22. The predicted octanol–water partition coefficient (Wildman–Crippen LogP) is 1.22. The van der Waals surface area contributed by atoms with Gasteiger partial charge < -0.3 is 15.0 Å². The highest BCUT2D eigenvalue weighted by Crippen LogP contribution is 2.22. The molecule has 2 unspecified atom stereocenters. The highest BCUT2D eigenvalue weighted by Gasteiger charge is 2.26. The minimum atomic E-state index is -0.230. The van der Waals surface area contributed by atoms with Gasteiger partial charge in [-0.2, -0.15) is 0 Å². The lowest BCUT2D eigenvalue weighted by Gasteiger charge is -2.34. The standard InChI is InChI=1S/C10H20N2O2/c1-11-8-5-4-6-9(7-8)12(2)10(13)14-3/h8-9,11H,4-7H2,1-3H3. The van der Waals surface area contributed by atoms with Gasteiger partial charge in [-0.25, -0.2) is 4.79 Å². The third-order valence-corrected chi connectivity index (χ3v) is 3.07. The van der Waals surface area contributed by atoms with Gasteiger partial charge in [0.25, 0.3) is 0 Å². The Labute approximate surface area is 85.6 Å². The molecule has 1 aliphatic carbocycles. The van der Waals surface area contributed by atoms with Crippen molar-refractivity contribution in [1.29, 1.82) is 0 Å². The van der Waals surface area contributed by atoms with Gasteiger partial charge in [-0.05, 0) is 32.7 Å². The first-order valence-corrected chi connectivity index (χ1v) is 5.17. The summed E-state index contributed by atoms with van der Waals surface area (Å²) in [6, 6.07) is 0.870. The molecule has 0 aromatic carbocycles. The van der Waals surface area contributed by atoms with E-state index in [2.05, 4.69) is 5.32 Å². The van der Waals surface area contributed by atoms with Crippen molar-refractivity contribution >= 4 is 6.09 Å². The van der Waals surface area contributed by atoms with E-state index in [0.29, 0.717) is 12.1 Å². The monoisotopic (exact) mass is 200 g/mol. The molecule has 1 N–H and O–H groups in total.